The summed E-state index contributed by atoms with van der Waals surface area (Å²) in [6, 6.07) is 0.215. The van der Waals surface area contributed by atoms with Crippen LogP contribution in [0.5, 0.6) is 0 Å². The number of aromatic nitrogens is 3. The quantitative estimate of drug-likeness (QED) is 0.850. The van der Waals surface area contributed by atoms with Gasteiger partial charge in [-0.2, -0.15) is 0 Å². The van der Waals surface area contributed by atoms with Gasteiger partial charge in [0, 0.05) is 23.0 Å². The first-order valence-electron chi connectivity index (χ1n) is 5.34. The molecular formula is C11H15N3S2. The number of nitrogens with one attached hydrogen (secondary N) is 1. The van der Waals surface area contributed by atoms with Crippen molar-refractivity contribution in [3.63, 3.8) is 0 Å². The van der Waals surface area contributed by atoms with Crippen molar-refractivity contribution in [1.82, 2.24) is 14.5 Å². The molecule has 3 nitrogen and oxygen atoms in total. The summed E-state index contributed by atoms with van der Waals surface area (Å²) in [6.45, 7) is 6.29. The van der Waals surface area contributed by atoms with Gasteiger partial charge in [0.25, 0.3) is 0 Å². The van der Waals surface area contributed by atoms with Crippen molar-refractivity contribution >= 4 is 23.6 Å². The number of aromatic amines is 1. The Labute approximate surface area is 104 Å². The van der Waals surface area contributed by atoms with Crippen molar-refractivity contribution < 1.29 is 0 Å². The van der Waals surface area contributed by atoms with Crippen LogP contribution in [-0.4, -0.2) is 14.5 Å². The van der Waals surface area contributed by atoms with Crippen LogP contribution in [-0.2, 0) is 6.42 Å². The molecule has 2 heterocycles. The lowest BCUT2D eigenvalue weighted by molar-refractivity contribution is 0.599. The topological polar surface area (TPSA) is 33.6 Å². The van der Waals surface area contributed by atoms with Crippen LogP contribution in [0.15, 0.2) is 11.6 Å². The fourth-order valence-corrected chi connectivity index (χ4v) is 2.96. The minimum Gasteiger partial charge on any atom is -0.337 e. The monoisotopic (exact) mass is 253 g/mol. The third kappa shape index (κ3) is 1.97. The molecule has 0 radical (unpaired) electrons. The van der Waals surface area contributed by atoms with Crippen LogP contribution in [0.2, 0.25) is 0 Å². The Bertz CT molecular complexity index is 535. The van der Waals surface area contributed by atoms with Crippen LogP contribution in [0.1, 0.15) is 36.3 Å². The second-order valence-electron chi connectivity index (χ2n) is 3.81. The maximum absolute atomic E-state index is 5.31. The van der Waals surface area contributed by atoms with Crippen molar-refractivity contribution in [2.24, 2.45) is 0 Å². The molecule has 1 atom stereocenters. The van der Waals surface area contributed by atoms with Crippen molar-refractivity contribution in [1.29, 1.82) is 0 Å². The zero-order valence-electron chi connectivity index (χ0n) is 9.65. The van der Waals surface area contributed by atoms with Gasteiger partial charge in [-0.05, 0) is 32.5 Å². The molecule has 0 fully saturated rings. The van der Waals surface area contributed by atoms with E-state index in [0.29, 0.717) is 0 Å². The number of rotatable bonds is 3. The minimum absolute atomic E-state index is 0.215. The van der Waals surface area contributed by atoms with Gasteiger partial charge in [0.1, 0.15) is 5.01 Å². The van der Waals surface area contributed by atoms with Gasteiger partial charge in [0.05, 0.1) is 6.04 Å². The summed E-state index contributed by atoms with van der Waals surface area (Å²) < 4.78 is 2.92. The van der Waals surface area contributed by atoms with Crippen LogP contribution < -0.4 is 0 Å². The van der Waals surface area contributed by atoms with Gasteiger partial charge in [0.15, 0.2) is 4.77 Å². The van der Waals surface area contributed by atoms with Crippen LogP contribution in [0.25, 0.3) is 0 Å². The van der Waals surface area contributed by atoms with E-state index in [0.717, 1.165) is 21.9 Å². The normalized spacial score (nSPS) is 12.9. The highest BCUT2D eigenvalue weighted by molar-refractivity contribution is 7.71. The average molecular weight is 253 g/mol. The highest BCUT2D eigenvalue weighted by atomic mass is 32.1. The molecule has 0 bridgehead atoms. The molecule has 1 unspecified atom stereocenters. The van der Waals surface area contributed by atoms with Gasteiger partial charge < -0.3 is 9.55 Å². The molecular weight excluding hydrogens is 238 g/mol. The summed E-state index contributed by atoms with van der Waals surface area (Å²) >= 11 is 7.00. The maximum Gasteiger partial charge on any atom is 0.177 e. The molecule has 16 heavy (non-hydrogen) atoms. The first-order valence-corrected chi connectivity index (χ1v) is 6.63. The number of aryl methyl sites for hydroxylation is 2. The maximum atomic E-state index is 5.31. The third-order valence-corrected chi connectivity index (χ3v) is 4.08. The van der Waals surface area contributed by atoms with E-state index in [1.165, 1.54) is 5.69 Å². The number of hydrogen-bond acceptors (Lipinski definition) is 3. The summed E-state index contributed by atoms with van der Waals surface area (Å²) in [4.78, 5) is 7.62. The van der Waals surface area contributed by atoms with Gasteiger partial charge in [-0.1, -0.05) is 6.92 Å². The van der Waals surface area contributed by atoms with E-state index in [1.807, 2.05) is 13.1 Å². The molecule has 2 aromatic heterocycles. The fraction of sp³-hybridized carbons (Fsp3) is 0.455. The zero-order valence-corrected chi connectivity index (χ0v) is 11.3. The molecule has 2 rings (SSSR count). The molecule has 2 aromatic rings. The van der Waals surface area contributed by atoms with E-state index in [2.05, 4.69) is 33.8 Å². The third-order valence-electron chi connectivity index (χ3n) is 2.63. The molecule has 0 aliphatic heterocycles. The lowest BCUT2D eigenvalue weighted by atomic mass is 10.3. The Morgan fingerprint density at radius 2 is 2.38 bits per heavy atom. The summed E-state index contributed by atoms with van der Waals surface area (Å²) in [6.07, 6.45) is 2.96. The van der Waals surface area contributed by atoms with E-state index in [1.54, 1.807) is 11.3 Å². The Balaban J connectivity index is 2.44. The van der Waals surface area contributed by atoms with E-state index >= 15 is 0 Å². The van der Waals surface area contributed by atoms with Gasteiger partial charge >= 0.3 is 0 Å². The molecule has 0 spiro atoms. The molecule has 0 aliphatic carbocycles. The highest BCUT2D eigenvalue weighted by Crippen LogP contribution is 2.23. The van der Waals surface area contributed by atoms with E-state index in [-0.39, 0.29) is 6.04 Å². The van der Waals surface area contributed by atoms with Gasteiger partial charge in [0.2, 0.25) is 0 Å². The highest BCUT2D eigenvalue weighted by Gasteiger charge is 2.15. The number of H-pyrrole nitrogens is 1. The second kappa shape index (κ2) is 4.51. The van der Waals surface area contributed by atoms with Crippen molar-refractivity contribution in [3.05, 3.63) is 32.7 Å². The first kappa shape index (κ1) is 11.5. The Morgan fingerprint density at radius 3 is 2.94 bits per heavy atom. The van der Waals surface area contributed by atoms with Crippen LogP contribution >= 0.6 is 23.6 Å². The van der Waals surface area contributed by atoms with Crippen LogP contribution in [0.4, 0.5) is 0 Å². The summed E-state index contributed by atoms with van der Waals surface area (Å²) in [5.41, 5.74) is 2.30. The largest absolute Gasteiger partial charge is 0.337 e. The number of nitrogens with zero attached hydrogens (tertiary/aromatic N) is 2. The van der Waals surface area contributed by atoms with E-state index in [4.69, 9.17) is 12.2 Å². The standard InChI is InChI=1S/C11H15N3S2/c1-4-9-5-12-11(15)14(9)8(3)10-13-7(2)6-16-10/h5-6,8H,4H2,1-3H3,(H,12,15). The molecule has 0 saturated carbocycles. The van der Waals surface area contributed by atoms with E-state index in [9.17, 15) is 0 Å². The predicted molar refractivity (Wildman–Crippen MR) is 69.7 cm³/mol. The summed E-state index contributed by atoms with van der Waals surface area (Å²) in [7, 11) is 0. The molecule has 0 aromatic carbocycles. The Kier molecular flexibility index (Phi) is 3.25. The predicted octanol–water partition coefficient (Wildman–Crippen LogP) is 3.48. The van der Waals surface area contributed by atoms with Crippen molar-refractivity contribution in [3.8, 4) is 0 Å². The van der Waals surface area contributed by atoms with Crippen molar-refractivity contribution in [2.75, 3.05) is 0 Å². The molecule has 0 aliphatic rings. The summed E-state index contributed by atoms with van der Waals surface area (Å²) in [5.74, 6) is 0. The van der Waals surface area contributed by atoms with Crippen LogP contribution in [0, 0.1) is 11.7 Å². The zero-order chi connectivity index (χ0) is 11.7. The van der Waals surface area contributed by atoms with Crippen LogP contribution in [0.3, 0.4) is 0 Å². The summed E-state index contributed by atoms with van der Waals surface area (Å²) in [5, 5.41) is 3.19. The van der Waals surface area contributed by atoms with Gasteiger partial charge in [-0.15, -0.1) is 11.3 Å². The molecule has 5 heteroatoms. The molecule has 0 amide bonds. The van der Waals surface area contributed by atoms with Crippen molar-refractivity contribution in [2.45, 2.75) is 33.2 Å². The molecule has 1 N–H and O–H groups in total. The number of hydrogen-bond donors (Lipinski definition) is 1. The average Bonchev–Trinajstić information content (AvgIpc) is 2.83. The lowest BCUT2D eigenvalue weighted by Crippen LogP contribution is -2.09. The fourth-order valence-electron chi connectivity index (χ4n) is 1.79. The smallest absolute Gasteiger partial charge is 0.177 e. The molecule has 0 saturated heterocycles. The van der Waals surface area contributed by atoms with Gasteiger partial charge in [-0.3, -0.25) is 0 Å². The SMILES string of the molecule is CCc1c[nH]c(=S)n1C(C)c1nc(C)cs1. The Morgan fingerprint density at radius 1 is 1.62 bits per heavy atom. The first-order chi connectivity index (χ1) is 7.63. The number of imidazole rings is 1. The number of thiazole rings is 1. The Hall–Kier alpha value is -0.940. The van der Waals surface area contributed by atoms with E-state index < -0.39 is 0 Å². The van der Waals surface area contributed by atoms with Gasteiger partial charge in [-0.25, -0.2) is 4.98 Å². The second-order valence-corrected chi connectivity index (χ2v) is 5.09. The minimum atomic E-state index is 0.215. The lowest BCUT2D eigenvalue weighted by Gasteiger charge is -2.13. The molecule has 86 valence electrons.